The van der Waals surface area contributed by atoms with E-state index in [9.17, 15) is 4.79 Å². The van der Waals surface area contributed by atoms with E-state index in [-0.39, 0.29) is 11.9 Å². The van der Waals surface area contributed by atoms with Crippen LogP contribution in [0.4, 0.5) is 5.69 Å². The molecule has 1 amide bonds. The fourth-order valence-electron chi connectivity index (χ4n) is 2.08. The van der Waals surface area contributed by atoms with Crippen LogP contribution in [0.2, 0.25) is 0 Å². The Bertz CT molecular complexity index is 559. The summed E-state index contributed by atoms with van der Waals surface area (Å²) in [5, 5.41) is 10.1. The third-order valence-electron chi connectivity index (χ3n) is 3.14. The number of hydrogen-bond acceptors (Lipinski definition) is 4. The Morgan fingerprint density at radius 2 is 2.25 bits per heavy atom. The van der Waals surface area contributed by atoms with E-state index in [4.69, 9.17) is 4.74 Å². The summed E-state index contributed by atoms with van der Waals surface area (Å²) >= 11 is 0. The quantitative estimate of drug-likeness (QED) is 0.867. The first-order valence-corrected chi connectivity index (χ1v) is 6.55. The minimum absolute atomic E-state index is 0.0726. The average molecular weight is 272 g/mol. The zero-order valence-electron chi connectivity index (χ0n) is 11.0. The first-order valence-electron chi connectivity index (χ1n) is 6.55. The van der Waals surface area contributed by atoms with Crippen LogP contribution in [0.15, 0.2) is 42.7 Å². The predicted octanol–water partition coefficient (Wildman–Crippen LogP) is 0.799. The number of nitrogens with zero attached hydrogens (tertiary/aromatic N) is 2. The molecule has 0 saturated carbocycles. The second kappa shape index (κ2) is 5.85. The zero-order valence-corrected chi connectivity index (χ0v) is 11.0. The van der Waals surface area contributed by atoms with Crippen LogP contribution in [0.25, 0.3) is 5.69 Å². The van der Waals surface area contributed by atoms with Crippen molar-refractivity contribution in [1.82, 2.24) is 15.1 Å². The number of morpholine rings is 1. The molecule has 1 aromatic heterocycles. The number of nitrogens with one attached hydrogen (secondary N) is 2. The van der Waals surface area contributed by atoms with Crippen molar-refractivity contribution in [2.75, 3.05) is 25.1 Å². The lowest BCUT2D eigenvalue weighted by molar-refractivity contribution is -0.120. The minimum atomic E-state index is -0.283. The number of benzene rings is 1. The van der Waals surface area contributed by atoms with Gasteiger partial charge in [-0.2, -0.15) is 5.10 Å². The van der Waals surface area contributed by atoms with Crippen LogP contribution in [0.5, 0.6) is 0 Å². The normalized spacial score (nSPS) is 18.7. The van der Waals surface area contributed by atoms with Gasteiger partial charge in [-0.3, -0.25) is 4.79 Å². The van der Waals surface area contributed by atoms with Gasteiger partial charge >= 0.3 is 0 Å². The second-order valence-corrected chi connectivity index (χ2v) is 4.57. The molecular weight excluding hydrogens is 256 g/mol. The highest BCUT2D eigenvalue weighted by Gasteiger charge is 2.20. The molecule has 1 atom stereocenters. The van der Waals surface area contributed by atoms with Gasteiger partial charge in [0.1, 0.15) is 6.04 Å². The summed E-state index contributed by atoms with van der Waals surface area (Å²) in [4.78, 5) is 12.0. The number of rotatable bonds is 3. The number of aromatic nitrogens is 2. The van der Waals surface area contributed by atoms with Crippen molar-refractivity contribution in [3.63, 3.8) is 0 Å². The maximum absolute atomic E-state index is 12.0. The van der Waals surface area contributed by atoms with E-state index in [1.165, 1.54) is 0 Å². The first-order chi connectivity index (χ1) is 9.83. The van der Waals surface area contributed by atoms with E-state index in [1.54, 1.807) is 10.9 Å². The lowest BCUT2D eigenvalue weighted by atomic mass is 10.2. The van der Waals surface area contributed by atoms with E-state index in [1.807, 2.05) is 36.5 Å². The summed E-state index contributed by atoms with van der Waals surface area (Å²) in [6, 6.07) is 9.12. The molecule has 0 aliphatic carbocycles. The van der Waals surface area contributed by atoms with Crippen LogP contribution in [0, 0.1) is 0 Å². The van der Waals surface area contributed by atoms with Crippen LogP contribution >= 0.6 is 0 Å². The van der Waals surface area contributed by atoms with Crippen molar-refractivity contribution in [3.8, 4) is 5.69 Å². The zero-order chi connectivity index (χ0) is 13.8. The Morgan fingerprint density at radius 1 is 1.40 bits per heavy atom. The molecule has 3 rings (SSSR count). The molecular formula is C14H16N4O2. The Labute approximate surface area is 116 Å². The van der Waals surface area contributed by atoms with Gasteiger partial charge in [-0.25, -0.2) is 4.68 Å². The van der Waals surface area contributed by atoms with Crippen molar-refractivity contribution in [1.29, 1.82) is 0 Å². The van der Waals surface area contributed by atoms with E-state index in [0.717, 1.165) is 11.4 Å². The van der Waals surface area contributed by atoms with Crippen LogP contribution < -0.4 is 10.6 Å². The third kappa shape index (κ3) is 2.87. The number of ether oxygens (including phenoxy) is 1. The highest BCUT2D eigenvalue weighted by Crippen LogP contribution is 2.13. The maximum atomic E-state index is 12.0. The summed E-state index contributed by atoms with van der Waals surface area (Å²) in [6.45, 7) is 1.77. The molecule has 2 N–H and O–H groups in total. The Balaban J connectivity index is 1.64. The van der Waals surface area contributed by atoms with E-state index < -0.39 is 0 Å². The molecule has 1 unspecified atom stereocenters. The minimum Gasteiger partial charge on any atom is -0.378 e. The van der Waals surface area contributed by atoms with E-state index in [0.29, 0.717) is 19.8 Å². The highest BCUT2D eigenvalue weighted by molar-refractivity contribution is 5.95. The van der Waals surface area contributed by atoms with E-state index in [2.05, 4.69) is 15.7 Å². The van der Waals surface area contributed by atoms with Crippen molar-refractivity contribution in [2.45, 2.75) is 6.04 Å². The number of hydrogen-bond donors (Lipinski definition) is 2. The molecule has 1 aromatic carbocycles. The predicted molar refractivity (Wildman–Crippen MR) is 74.8 cm³/mol. The van der Waals surface area contributed by atoms with Crippen molar-refractivity contribution >= 4 is 11.6 Å². The fourth-order valence-corrected chi connectivity index (χ4v) is 2.08. The van der Waals surface area contributed by atoms with Crippen LogP contribution in [0.1, 0.15) is 0 Å². The van der Waals surface area contributed by atoms with Crippen LogP contribution in [0.3, 0.4) is 0 Å². The number of carbonyl (C=O) groups excluding carboxylic acids is 1. The third-order valence-corrected chi connectivity index (χ3v) is 3.14. The SMILES string of the molecule is O=C(Nc1ccc(-n2cccn2)cc1)C1COCCN1. The molecule has 2 aromatic rings. The van der Waals surface area contributed by atoms with Crippen LogP contribution in [-0.4, -0.2) is 41.5 Å². The van der Waals surface area contributed by atoms with Crippen molar-refractivity contribution in [2.24, 2.45) is 0 Å². The molecule has 6 nitrogen and oxygen atoms in total. The maximum Gasteiger partial charge on any atom is 0.243 e. The van der Waals surface area contributed by atoms with Crippen LogP contribution in [-0.2, 0) is 9.53 Å². The molecule has 1 aliphatic heterocycles. The number of anilines is 1. The molecule has 2 heterocycles. The molecule has 0 radical (unpaired) electrons. The van der Waals surface area contributed by atoms with Gasteiger partial charge in [0.15, 0.2) is 0 Å². The summed E-state index contributed by atoms with van der Waals surface area (Å²) in [7, 11) is 0. The topological polar surface area (TPSA) is 68.2 Å². The van der Waals surface area contributed by atoms with Gasteiger partial charge in [-0.15, -0.1) is 0 Å². The van der Waals surface area contributed by atoms with Gasteiger partial charge in [-0.05, 0) is 30.3 Å². The molecule has 1 aliphatic rings. The van der Waals surface area contributed by atoms with Gasteiger partial charge < -0.3 is 15.4 Å². The Kier molecular flexibility index (Phi) is 3.76. The standard InChI is InChI=1S/C14H16N4O2/c19-14(13-10-20-9-7-15-13)17-11-2-4-12(5-3-11)18-8-1-6-16-18/h1-6,8,13,15H,7,9-10H2,(H,17,19). The molecule has 0 spiro atoms. The average Bonchev–Trinajstić information content (AvgIpc) is 3.03. The van der Waals surface area contributed by atoms with Gasteiger partial charge in [0.25, 0.3) is 0 Å². The van der Waals surface area contributed by atoms with Gasteiger partial charge in [0.2, 0.25) is 5.91 Å². The summed E-state index contributed by atoms with van der Waals surface area (Å²) in [5.41, 5.74) is 1.71. The summed E-state index contributed by atoms with van der Waals surface area (Å²) < 4.78 is 7.04. The van der Waals surface area contributed by atoms with Crippen molar-refractivity contribution in [3.05, 3.63) is 42.7 Å². The molecule has 0 bridgehead atoms. The fraction of sp³-hybridized carbons (Fsp3) is 0.286. The second-order valence-electron chi connectivity index (χ2n) is 4.57. The van der Waals surface area contributed by atoms with Gasteiger partial charge in [0, 0.05) is 24.6 Å². The highest BCUT2D eigenvalue weighted by atomic mass is 16.5. The molecule has 20 heavy (non-hydrogen) atoms. The largest absolute Gasteiger partial charge is 0.378 e. The Morgan fingerprint density at radius 3 is 2.90 bits per heavy atom. The molecule has 6 heteroatoms. The lowest BCUT2D eigenvalue weighted by Gasteiger charge is -2.22. The number of carbonyl (C=O) groups is 1. The monoisotopic (exact) mass is 272 g/mol. The molecule has 1 fully saturated rings. The van der Waals surface area contributed by atoms with Gasteiger partial charge in [0.05, 0.1) is 18.9 Å². The van der Waals surface area contributed by atoms with E-state index >= 15 is 0 Å². The lowest BCUT2D eigenvalue weighted by Crippen LogP contribution is -2.48. The number of amides is 1. The summed E-state index contributed by atoms with van der Waals surface area (Å²) in [6.07, 6.45) is 3.60. The first kappa shape index (κ1) is 12.8. The summed E-state index contributed by atoms with van der Waals surface area (Å²) in [5.74, 6) is -0.0726. The Hall–Kier alpha value is -2.18. The van der Waals surface area contributed by atoms with Crippen molar-refractivity contribution < 1.29 is 9.53 Å². The molecule has 104 valence electrons. The molecule has 1 saturated heterocycles. The van der Waals surface area contributed by atoms with Gasteiger partial charge in [-0.1, -0.05) is 0 Å². The smallest absolute Gasteiger partial charge is 0.243 e.